The van der Waals surface area contributed by atoms with Crippen LogP contribution in [0.3, 0.4) is 0 Å². The van der Waals surface area contributed by atoms with E-state index in [2.05, 4.69) is 15.4 Å². The quantitative estimate of drug-likeness (QED) is 0.892. The molecule has 0 radical (unpaired) electrons. The fraction of sp³-hybridized carbons (Fsp3) is 0.467. The number of aromatic nitrogens is 3. The molecule has 0 aromatic carbocycles. The van der Waals surface area contributed by atoms with Gasteiger partial charge in [0.1, 0.15) is 0 Å². The molecule has 1 unspecified atom stereocenters. The van der Waals surface area contributed by atoms with E-state index in [1.807, 2.05) is 0 Å². The summed E-state index contributed by atoms with van der Waals surface area (Å²) in [7, 11) is 1.59. The molecule has 1 saturated heterocycles. The molecular weight excluding hydrogens is 298 g/mol. The highest BCUT2D eigenvalue weighted by atomic mass is 16.3. The average Bonchev–Trinajstić information content (AvgIpc) is 3.25. The summed E-state index contributed by atoms with van der Waals surface area (Å²) < 4.78 is 6.84. The van der Waals surface area contributed by atoms with Crippen molar-refractivity contribution in [2.75, 3.05) is 20.1 Å². The maximum Gasteiger partial charge on any atom is 0.291 e. The van der Waals surface area contributed by atoms with Gasteiger partial charge < -0.3 is 14.6 Å². The molecular formula is C15H19N5O3. The van der Waals surface area contributed by atoms with Crippen LogP contribution >= 0.6 is 0 Å². The summed E-state index contributed by atoms with van der Waals surface area (Å²) in [4.78, 5) is 30.8. The van der Waals surface area contributed by atoms with Crippen molar-refractivity contribution in [3.05, 3.63) is 36.3 Å². The maximum absolute atomic E-state index is 12.7. The highest BCUT2D eigenvalue weighted by Gasteiger charge is 2.45. The van der Waals surface area contributed by atoms with Gasteiger partial charge in [-0.25, -0.2) is 4.98 Å². The molecule has 1 fully saturated rings. The van der Waals surface area contributed by atoms with Crippen molar-refractivity contribution in [2.24, 2.45) is 0 Å². The molecule has 8 nitrogen and oxygen atoms in total. The number of nitrogens with zero attached hydrogens (tertiary/aromatic N) is 4. The summed E-state index contributed by atoms with van der Waals surface area (Å²) in [6.45, 7) is 2.53. The lowest BCUT2D eigenvalue weighted by molar-refractivity contribution is -0.132. The topological polar surface area (TPSA) is 93.3 Å². The van der Waals surface area contributed by atoms with Gasteiger partial charge in [-0.3, -0.25) is 14.3 Å². The van der Waals surface area contributed by atoms with Crippen molar-refractivity contribution < 1.29 is 14.0 Å². The minimum absolute atomic E-state index is 0.159. The Balaban J connectivity index is 1.93. The number of likely N-dealkylation sites (N-methyl/N-ethyl adjacent to an activating group) is 1. The van der Waals surface area contributed by atoms with Gasteiger partial charge in [0.25, 0.3) is 5.91 Å². The summed E-state index contributed by atoms with van der Waals surface area (Å²) in [6.07, 6.45) is 5.96. The van der Waals surface area contributed by atoms with Crippen LogP contribution in [-0.4, -0.2) is 51.6 Å². The van der Waals surface area contributed by atoms with Crippen LogP contribution < -0.4 is 5.32 Å². The first kappa shape index (κ1) is 15.3. The number of hydrogen-bond donors (Lipinski definition) is 1. The highest BCUT2D eigenvalue weighted by molar-refractivity contribution is 5.93. The van der Waals surface area contributed by atoms with E-state index in [1.54, 1.807) is 42.0 Å². The summed E-state index contributed by atoms with van der Waals surface area (Å²) >= 11 is 0. The van der Waals surface area contributed by atoms with Crippen LogP contribution in [0.1, 0.15) is 29.1 Å². The zero-order valence-corrected chi connectivity index (χ0v) is 13.2. The van der Waals surface area contributed by atoms with Gasteiger partial charge in [-0.15, -0.1) is 0 Å². The van der Waals surface area contributed by atoms with Crippen molar-refractivity contribution in [1.82, 2.24) is 25.0 Å². The van der Waals surface area contributed by atoms with Gasteiger partial charge in [-0.2, -0.15) is 5.10 Å². The lowest BCUT2D eigenvalue weighted by atomic mass is 9.87. The standard InChI is InChI=1S/C15H19N5O3/c1-11-12(23-10-17-11)13(21)19-7-3-5-15(9-19,14(22)16-2)20-8-4-6-18-20/h4,6,8,10H,3,5,7,9H2,1-2H3,(H,16,22). The van der Waals surface area contributed by atoms with E-state index in [9.17, 15) is 9.59 Å². The summed E-state index contributed by atoms with van der Waals surface area (Å²) in [5.74, 6) is -0.189. The molecule has 0 aliphatic carbocycles. The summed E-state index contributed by atoms with van der Waals surface area (Å²) in [5.41, 5.74) is -0.356. The molecule has 23 heavy (non-hydrogen) atoms. The lowest BCUT2D eigenvalue weighted by Gasteiger charge is -2.41. The molecule has 0 saturated carbocycles. The third-order valence-electron chi connectivity index (χ3n) is 4.29. The van der Waals surface area contributed by atoms with E-state index in [1.165, 1.54) is 6.39 Å². The number of piperidine rings is 1. The number of amides is 2. The maximum atomic E-state index is 12.7. The van der Waals surface area contributed by atoms with Crippen molar-refractivity contribution >= 4 is 11.8 Å². The van der Waals surface area contributed by atoms with Crippen LogP contribution in [0.25, 0.3) is 0 Å². The molecule has 2 amide bonds. The molecule has 2 aromatic rings. The van der Waals surface area contributed by atoms with Crippen LogP contribution in [0, 0.1) is 6.92 Å². The monoisotopic (exact) mass is 317 g/mol. The number of carbonyl (C=O) groups excluding carboxylic acids is 2. The van der Waals surface area contributed by atoms with Crippen molar-refractivity contribution in [1.29, 1.82) is 0 Å². The number of oxazole rings is 1. The number of rotatable bonds is 3. The van der Waals surface area contributed by atoms with E-state index in [4.69, 9.17) is 4.42 Å². The van der Waals surface area contributed by atoms with E-state index < -0.39 is 5.54 Å². The van der Waals surface area contributed by atoms with Crippen molar-refractivity contribution in [3.63, 3.8) is 0 Å². The Hall–Kier alpha value is -2.64. The minimum Gasteiger partial charge on any atom is -0.438 e. The first-order valence-electron chi connectivity index (χ1n) is 7.50. The molecule has 1 aliphatic rings. The van der Waals surface area contributed by atoms with Gasteiger partial charge in [0.2, 0.25) is 11.7 Å². The first-order chi connectivity index (χ1) is 11.1. The number of likely N-dealkylation sites (tertiary alicyclic amines) is 1. The summed E-state index contributed by atoms with van der Waals surface area (Å²) in [5, 5.41) is 6.93. The Kier molecular flexibility index (Phi) is 3.89. The Labute approximate surface area is 133 Å². The van der Waals surface area contributed by atoms with E-state index in [0.717, 1.165) is 0 Å². The van der Waals surface area contributed by atoms with E-state index in [0.29, 0.717) is 25.1 Å². The van der Waals surface area contributed by atoms with Crippen molar-refractivity contribution in [3.8, 4) is 0 Å². The first-order valence-corrected chi connectivity index (χ1v) is 7.50. The fourth-order valence-electron chi connectivity index (χ4n) is 3.09. The molecule has 0 spiro atoms. The van der Waals surface area contributed by atoms with Crippen molar-refractivity contribution in [2.45, 2.75) is 25.3 Å². The van der Waals surface area contributed by atoms with Crippen LogP contribution in [0.4, 0.5) is 0 Å². The molecule has 122 valence electrons. The predicted molar refractivity (Wildman–Crippen MR) is 80.6 cm³/mol. The SMILES string of the molecule is CNC(=O)C1(n2cccn2)CCCN(C(=O)c2ocnc2C)C1. The molecule has 1 aliphatic heterocycles. The second-order valence-corrected chi connectivity index (χ2v) is 5.66. The fourth-order valence-corrected chi connectivity index (χ4v) is 3.09. The number of hydrogen-bond acceptors (Lipinski definition) is 5. The molecule has 3 rings (SSSR count). The number of aryl methyl sites for hydroxylation is 1. The van der Waals surface area contributed by atoms with Gasteiger partial charge in [0.15, 0.2) is 11.9 Å². The summed E-state index contributed by atoms with van der Waals surface area (Å²) in [6, 6.07) is 1.77. The highest BCUT2D eigenvalue weighted by Crippen LogP contribution is 2.30. The minimum atomic E-state index is -0.903. The molecule has 8 heteroatoms. The predicted octanol–water partition coefficient (Wildman–Crippen LogP) is 0.557. The molecule has 2 aromatic heterocycles. The Morgan fingerprint density at radius 2 is 2.26 bits per heavy atom. The normalized spacial score (nSPS) is 21.2. The van der Waals surface area contributed by atoms with Crippen LogP contribution in [0.15, 0.2) is 29.3 Å². The average molecular weight is 317 g/mol. The molecule has 1 atom stereocenters. The third-order valence-corrected chi connectivity index (χ3v) is 4.29. The van der Waals surface area contributed by atoms with Crippen LogP contribution in [-0.2, 0) is 10.3 Å². The second kappa shape index (κ2) is 5.86. The number of carbonyl (C=O) groups is 2. The third kappa shape index (κ3) is 2.49. The zero-order chi connectivity index (χ0) is 16.4. The Morgan fingerprint density at radius 1 is 1.43 bits per heavy atom. The van der Waals surface area contributed by atoms with Crippen LogP contribution in [0.2, 0.25) is 0 Å². The van der Waals surface area contributed by atoms with Gasteiger partial charge in [-0.05, 0) is 25.8 Å². The Bertz CT molecular complexity index is 709. The molecule has 0 bridgehead atoms. The van der Waals surface area contributed by atoms with Crippen LogP contribution in [0.5, 0.6) is 0 Å². The molecule has 3 heterocycles. The largest absolute Gasteiger partial charge is 0.438 e. The number of nitrogens with one attached hydrogen (secondary N) is 1. The smallest absolute Gasteiger partial charge is 0.291 e. The second-order valence-electron chi connectivity index (χ2n) is 5.66. The van der Waals surface area contributed by atoms with Gasteiger partial charge in [0, 0.05) is 26.0 Å². The molecule has 1 N–H and O–H groups in total. The van der Waals surface area contributed by atoms with E-state index >= 15 is 0 Å². The van der Waals surface area contributed by atoms with Gasteiger partial charge >= 0.3 is 0 Å². The van der Waals surface area contributed by atoms with Gasteiger partial charge in [-0.1, -0.05) is 0 Å². The van der Waals surface area contributed by atoms with E-state index in [-0.39, 0.29) is 24.1 Å². The lowest BCUT2D eigenvalue weighted by Crippen LogP contribution is -2.59. The van der Waals surface area contributed by atoms with Gasteiger partial charge in [0.05, 0.1) is 12.2 Å². The zero-order valence-electron chi connectivity index (χ0n) is 13.2. The Morgan fingerprint density at radius 3 is 2.87 bits per heavy atom.